The fourth-order valence-electron chi connectivity index (χ4n) is 2.88. The normalized spacial score (nSPS) is 20.7. The van der Waals surface area contributed by atoms with E-state index in [1.807, 2.05) is 11.8 Å². The Morgan fingerprint density at radius 1 is 1.19 bits per heavy atom. The Bertz CT molecular complexity index is 765. The van der Waals surface area contributed by atoms with Crippen LogP contribution < -0.4 is 5.32 Å². The largest absolute Gasteiger partial charge is 0.490 e. The van der Waals surface area contributed by atoms with Crippen molar-refractivity contribution in [1.82, 2.24) is 15.2 Å². The molecule has 1 amide bonds. The summed E-state index contributed by atoms with van der Waals surface area (Å²) in [5, 5.41) is 20.8. The minimum absolute atomic E-state index is 0.210. The number of nitrogens with zero attached hydrogens (tertiary/aromatic N) is 2. The van der Waals surface area contributed by atoms with Crippen LogP contribution in [0.1, 0.15) is 23.5 Å². The predicted molar refractivity (Wildman–Crippen MR) is 94.2 cm³/mol. The molecule has 2 saturated heterocycles. The lowest BCUT2D eigenvalue weighted by Gasteiger charge is -2.21. The van der Waals surface area contributed by atoms with Gasteiger partial charge in [0.1, 0.15) is 0 Å². The van der Waals surface area contributed by atoms with Crippen LogP contribution in [-0.4, -0.2) is 69.9 Å². The zero-order valence-electron chi connectivity index (χ0n) is 16.0. The molecule has 1 spiro atoms. The lowest BCUT2D eigenvalue weighted by atomic mass is 9.86. The van der Waals surface area contributed by atoms with Gasteiger partial charge < -0.3 is 20.4 Å². The lowest BCUT2D eigenvalue weighted by molar-refractivity contribution is -0.193. The second-order valence-corrected chi connectivity index (χ2v) is 7.88. The fourth-order valence-corrected chi connectivity index (χ4v) is 3.49. The Morgan fingerprint density at radius 3 is 2.06 bits per heavy atom. The highest BCUT2D eigenvalue weighted by atomic mass is 32.1. The van der Waals surface area contributed by atoms with Crippen molar-refractivity contribution in [3.05, 3.63) is 16.1 Å². The third-order valence-electron chi connectivity index (χ3n) is 4.24. The molecular formula is C16H19F6N3O5S. The number of aromatic nitrogens is 1. The van der Waals surface area contributed by atoms with E-state index in [-0.39, 0.29) is 5.41 Å². The van der Waals surface area contributed by atoms with Gasteiger partial charge in [0.25, 0.3) is 0 Å². The van der Waals surface area contributed by atoms with Gasteiger partial charge in [0, 0.05) is 30.3 Å². The van der Waals surface area contributed by atoms with E-state index in [0.29, 0.717) is 18.9 Å². The zero-order chi connectivity index (χ0) is 24.0. The van der Waals surface area contributed by atoms with E-state index in [1.54, 1.807) is 11.3 Å². The SMILES string of the molecule is Cc1nc(CN2CC3(CCNC3)CC2=O)cs1.O=C(O)C(F)(F)F.O=C(O)C(F)(F)F. The average Bonchev–Trinajstić information content (AvgIpc) is 3.30. The first-order valence-corrected chi connectivity index (χ1v) is 9.43. The number of aliphatic carboxylic acids is 2. The number of amides is 1. The highest BCUT2D eigenvalue weighted by Crippen LogP contribution is 2.37. The average molecular weight is 479 g/mol. The minimum Gasteiger partial charge on any atom is -0.475 e. The van der Waals surface area contributed by atoms with Crippen molar-refractivity contribution in [3.8, 4) is 0 Å². The van der Waals surface area contributed by atoms with Crippen LogP contribution in [-0.2, 0) is 20.9 Å². The molecule has 0 aromatic carbocycles. The van der Waals surface area contributed by atoms with Crippen LogP contribution >= 0.6 is 11.3 Å². The molecule has 2 fully saturated rings. The Labute approximate surface area is 175 Å². The number of carboxylic acids is 2. The summed E-state index contributed by atoms with van der Waals surface area (Å²) in [6, 6.07) is 0. The molecule has 2 aliphatic heterocycles. The van der Waals surface area contributed by atoms with Gasteiger partial charge in [-0.15, -0.1) is 11.3 Å². The van der Waals surface area contributed by atoms with Crippen molar-refractivity contribution in [2.45, 2.75) is 38.7 Å². The molecule has 1 unspecified atom stereocenters. The predicted octanol–water partition coefficient (Wildman–Crippen LogP) is 2.43. The van der Waals surface area contributed by atoms with E-state index >= 15 is 0 Å². The maximum absolute atomic E-state index is 12.0. The molecule has 2 aliphatic rings. The summed E-state index contributed by atoms with van der Waals surface area (Å²) < 4.78 is 63.5. The van der Waals surface area contributed by atoms with E-state index in [1.165, 1.54) is 0 Å². The molecule has 0 saturated carbocycles. The summed E-state index contributed by atoms with van der Waals surface area (Å²) in [7, 11) is 0. The standard InChI is InChI=1S/C12H17N3OS.2C2HF3O2/c1-9-14-10(6-17-9)5-15-8-12(4-11(15)16)2-3-13-7-12;2*3-2(4,5)1(6)7/h6,13H,2-5,7-8H2,1H3;2*(H,6,7). The molecule has 15 heteroatoms. The molecule has 8 nitrogen and oxygen atoms in total. The number of nitrogens with one attached hydrogen (secondary N) is 1. The number of aryl methyl sites for hydroxylation is 1. The van der Waals surface area contributed by atoms with Gasteiger partial charge in [-0.2, -0.15) is 26.3 Å². The van der Waals surface area contributed by atoms with Gasteiger partial charge in [0.2, 0.25) is 5.91 Å². The number of rotatable bonds is 2. The van der Waals surface area contributed by atoms with Crippen LogP contribution in [0.15, 0.2) is 5.38 Å². The Morgan fingerprint density at radius 2 is 1.71 bits per heavy atom. The Balaban J connectivity index is 0.000000288. The first kappa shape index (κ1) is 26.6. The maximum Gasteiger partial charge on any atom is 0.490 e. The molecule has 3 N–H and O–H groups in total. The third-order valence-corrected chi connectivity index (χ3v) is 5.06. The Hall–Kier alpha value is -2.42. The van der Waals surface area contributed by atoms with Crippen molar-refractivity contribution in [2.24, 2.45) is 5.41 Å². The van der Waals surface area contributed by atoms with Gasteiger partial charge in [0.05, 0.1) is 17.2 Å². The monoisotopic (exact) mass is 479 g/mol. The Kier molecular flexibility index (Phi) is 8.81. The van der Waals surface area contributed by atoms with E-state index in [0.717, 1.165) is 36.8 Å². The molecule has 1 aromatic heterocycles. The summed E-state index contributed by atoms with van der Waals surface area (Å²) >= 11 is 1.65. The highest BCUT2D eigenvalue weighted by Gasteiger charge is 2.44. The third kappa shape index (κ3) is 8.69. The van der Waals surface area contributed by atoms with Gasteiger partial charge in [-0.25, -0.2) is 14.6 Å². The summed E-state index contributed by atoms with van der Waals surface area (Å²) in [6.45, 7) is 5.63. The van der Waals surface area contributed by atoms with Gasteiger partial charge in [-0.3, -0.25) is 4.79 Å². The van der Waals surface area contributed by atoms with Gasteiger partial charge in [-0.05, 0) is 19.9 Å². The van der Waals surface area contributed by atoms with Crippen molar-refractivity contribution >= 4 is 29.2 Å². The summed E-state index contributed by atoms with van der Waals surface area (Å²) in [4.78, 5) is 36.2. The summed E-state index contributed by atoms with van der Waals surface area (Å²) in [6.07, 6.45) is -8.32. The van der Waals surface area contributed by atoms with Crippen LogP contribution in [0.25, 0.3) is 0 Å². The second kappa shape index (κ2) is 10.3. The molecule has 1 atom stereocenters. The first-order valence-electron chi connectivity index (χ1n) is 8.55. The second-order valence-electron chi connectivity index (χ2n) is 6.82. The summed E-state index contributed by atoms with van der Waals surface area (Å²) in [5.74, 6) is -5.22. The molecule has 1 aromatic rings. The molecular weight excluding hydrogens is 460 g/mol. The van der Waals surface area contributed by atoms with E-state index in [4.69, 9.17) is 19.8 Å². The number of likely N-dealkylation sites (tertiary alicyclic amines) is 1. The molecule has 0 bridgehead atoms. The summed E-state index contributed by atoms with van der Waals surface area (Å²) in [5.41, 5.74) is 1.24. The van der Waals surface area contributed by atoms with Crippen LogP contribution in [0.2, 0.25) is 0 Å². The molecule has 3 rings (SSSR count). The highest BCUT2D eigenvalue weighted by molar-refractivity contribution is 7.09. The van der Waals surface area contributed by atoms with Gasteiger partial charge in [0.15, 0.2) is 0 Å². The molecule has 176 valence electrons. The van der Waals surface area contributed by atoms with Crippen LogP contribution in [0.4, 0.5) is 26.3 Å². The molecule has 0 aliphatic carbocycles. The quantitative estimate of drug-likeness (QED) is 0.558. The molecule has 0 radical (unpaired) electrons. The smallest absolute Gasteiger partial charge is 0.475 e. The number of carbonyl (C=O) groups is 3. The van der Waals surface area contributed by atoms with Crippen molar-refractivity contribution in [2.75, 3.05) is 19.6 Å². The number of hydrogen-bond acceptors (Lipinski definition) is 6. The number of alkyl halides is 6. The van der Waals surface area contributed by atoms with Crippen LogP contribution in [0.5, 0.6) is 0 Å². The number of halogens is 6. The van der Waals surface area contributed by atoms with E-state index < -0.39 is 24.3 Å². The van der Waals surface area contributed by atoms with E-state index in [2.05, 4.69) is 15.7 Å². The number of hydrogen-bond donors (Lipinski definition) is 3. The lowest BCUT2D eigenvalue weighted by Crippen LogP contribution is -2.29. The van der Waals surface area contributed by atoms with Gasteiger partial charge in [-0.1, -0.05) is 0 Å². The zero-order valence-corrected chi connectivity index (χ0v) is 16.8. The van der Waals surface area contributed by atoms with Gasteiger partial charge >= 0.3 is 24.3 Å². The fraction of sp³-hybridized carbons (Fsp3) is 0.625. The topological polar surface area (TPSA) is 120 Å². The van der Waals surface area contributed by atoms with Crippen molar-refractivity contribution < 1.29 is 50.9 Å². The maximum atomic E-state index is 12.0. The number of thiazole rings is 1. The molecule has 3 heterocycles. The van der Waals surface area contributed by atoms with Crippen molar-refractivity contribution in [1.29, 1.82) is 0 Å². The molecule has 31 heavy (non-hydrogen) atoms. The van der Waals surface area contributed by atoms with Crippen LogP contribution in [0, 0.1) is 12.3 Å². The minimum atomic E-state index is -5.08. The van der Waals surface area contributed by atoms with Crippen molar-refractivity contribution in [3.63, 3.8) is 0 Å². The number of carboxylic acid groups (broad SMARTS) is 2. The van der Waals surface area contributed by atoms with Crippen LogP contribution in [0.3, 0.4) is 0 Å². The number of carbonyl (C=O) groups excluding carboxylic acids is 1. The van der Waals surface area contributed by atoms with E-state index in [9.17, 15) is 31.1 Å². The first-order chi connectivity index (χ1) is 14.1.